The fourth-order valence-electron chi connectivity index (χ4n) is 3.11. The molecule has 6 heteroatoms. The molecule has 5 nitrogen and oxygen atoms in total. The SMILES string of the molecule is COc1ccccc1-c1ccc(C(C)NCCNS(=O)(=O)c2ccccc2)cc1. The minimum atomic E-state index is -3.47. The fraction of sp³-hybridized carbons (Fsp3) is 0.217. The Morgan fingerprint density at radius 2 is 1.52 bits per heavy atom. The topological polar surface area (TPSA) is 67.4 Å². The number of methoxy groups -OCH3 is 1. The van der Waals surface area contributed by atoms with Gasteiger partial charge in [-0.3, -0.25) is 0 Å². The summed E-state index contributed by atoms with van der Waals surface area (Å²) in [6, 6.07) is 24.7. The Labute approximate surface area is 172 Å². The van der Waals surface area contributed by atoms with Gasteiger partial charge in [-0.2, -0.15) is 0 Å². The quantitative estimate of drug-likeness (QED) is 0.524. The molecule has 0 radical (unpaired) electrons. The van der Waals surface area contributed by atoms with Crippen molar-refractivity contribution in [2.24, 2.45) is 0 Å². The van der Waals surface area contributed by atoms with Crippen LogP contribution in [0.2, 0.25) is 0 Å². The number of hydrogen-bond acceptors (Lipinski definition) is 4. The molecule has 0 aliphatic rings. The highest BCUT2D eigenvalue weighted by atomic mass is 32.2. The first-order chi connectivity index (χ1) is 14.0. The molecular weight excluding hydrogens is 384 g/mol. The van der Waals surface area contributed by atoms with Gasteiger partial charge in [-0.25, -0.2) is 13.1 Å². The maximum absolute atomic E-state index is 12.2. The molecular formula is C23H26N2O3S. The van der Waals surface area contributed by atoms with Crippen molar-refractivity contribution in [3.63, 3.8) is 0 Å². The van der Waals surface area contributed by atoms with Crippen molar-refractivity contribution in [1.82, 2.24) is 10.0 Å². The molecule has 1 unspecified atom stereocenters. The van der Waals surface area contributed by atoms with Gasteiger partial charge in [0, 0.05) is 24.7 Å². The van der Waals surface area contributed by atoms with Gasteiger partial charge in [0.2, 0.25) is 10.0 Å². The number of benzene rings is 3. The van der Waals surface area contributed by atoms with E-state index in [1.54, 1.807) is 37.4 Å². The largest absolute Gasteiger partial charge is 0.496 e. The van der Waals surface area contributed by atoms with Crippen LogP contribution in [0.15, 0.2) is 83.8 Å². The van der Waals surface area contributed by atoms with Crippen LogP contribution in [0.1, 0.15) is 18.5 Å². The summed E-state index contributed by atoms with van der Waals surface area (Å²) in [6.45, 7) is 2.91. The van der Waals surface area contributed by atoms with E-state index in [4.69, 9.17) is 4.74 Å². The number of ether oxygens (including phenoxy) is 1. The number of para-hydroxylation sites is 1. The van der Waals surface area contributed by atoms with Crippen LogP contribution in [0.25, 0.3) is 11.1 Å². The summed E-state index contributed by atoms with van der Waals surface area (Å²) in [5, 5.41) is 3.35. The van der Waals surface area contributed by atoms with Crippen molar-refractivity contribution < 1.29 is 13.2 Å². The summed E-state index contributed by atoms with van der Waals surface area (Å²) in [5.74, 6) is 0.845. The first-order valence-electron chi connectivity index (χ1n) is 9.53. The van der Waals surface area contributed by atoms with Gasteiger partial charge in [0.25, 0.3) is 0 Å². The van der Waals surface area contributed by atoms with Crippen LogP contribution in [0.4, 0.5) is 0 Å². The second-order valence-corrected chi connectivity index (χ2v) is 8.48. The van der Waals surface area contributed by atoms with Crippen molar-refractivity contribution in [3.05, 3.63) is 84.4 Å². The van der Waals surface area contributed by atoms with E-state index in [2.05, 4.69) is 41.2 Å². The molecule has 2 N–H and O–H groups in total. The minimum Gasteiger partial charge on any atom is -0.496 e. The third-order valence-corrected chi connectivity index (χ3v) is 6.23. The van der Waals surface area contributed by atoms with E-state index in [1.165, 1.54) is 0 Å². The molecule has 0 fully saturated rings. The third kappa shape index (κ3) is 5.44. The number of hydrogen-bond donors (Lipinski definition) is 2. The number of sulfonamides is 1. The fourth-order valence-corrected chi connectivity index (χ4v) is 4.16. The van der Waals surface area contributed by atoms with Crippen LogP contribution in [0, 0.1) is 0 Å². The summed E-state index contributed by atoms with van der Waals surface area (Å²) < 4.78 is 32.5. The summed E-state index contributed by atoms with van der Waals surface area (Å²) in [5.41, 5.74) is 3.28. The van der Waals surface area contributed by atoms with Crippen LogP contribution in [-0.2, 0) is 10.0 Å². The van der Waals surface area contributed by atoms with Gasteiger partial charge in [-0.05, 0) is 36.2 Å². The molecule has 152 valence electrons. The number of rotatable bonds is 9. The first kappa shape index (κ1) is 21.0. The Bertz CT molecular complexity index is 1020. The standard InChI is InChI=1S/C23H26N2O3S/c1-18(24-16-17-25-29(26,27)21-8-4-3-5-9-21)19-12-14-20(15-13-19)22-10-6-7-11-23(22)28-2/h3-15,18,24-25H,16-17H2,1-2H3. The lowest BCUT2D eigenvalue weighted by atomic mass is 10.0. The van der Waals surface area contributed by atoms with E-state index in [1.807, 2.05) is 24.3 Å². The van der Waals surface area contributed by atoms with Gasteiger partial charge in [-0.1, -0.05) is 60.7 Å². The zero-order valence-corrected chi connectivity index (χ0v) is 17.4. The van der Waals surface area contributed by atoms with Crippen LogP contribution in [0.5, 0.6) is 5.75 Å². The highest BCUT2D eigenvalue weighted by Crippen LogP contribution is 2.30. The van der Waals surface area contributed by atoms with Crippen molar-refractivity contribution in [3.8, 4) is 16.9 Å². The highest BCUT2D eigenvalue weighted by Gasteiger charge is 2.13. The van der Waals surface area contributed by atoms with Gasteiger partial charge in [0.05, 0.1) is 12.0 Å². The molecule has 0 aromatic heterocycles. The van der Waals surface area contributed by atoms with E-state index in [9.17, 15) is 8.42 Å². The van der Waals surface area contributed by atoms with E-state index < -0.39 is 10.0 Å². The van der Waals surface area contributed by atoms with Crippen LogP contribution >= 0.6 is 0 Å². The van der Waals surface area contributed by atoms with Crippen molar-refractivity contribution in [2.75, 3.05) is 20.2 Å². The predicted molar refractivity (Wildman–Crippen MR) is 116 cm³/mol. The summed E-state index contributed by atoms with van der Waals surface area (Å²) in [4.78, 5) is 0.278. The number of nitrogens with one attached hydrogen (secondary N) is 2. The third-order valence-electron chi connectivity index (χ3n) is 4.75. The molecule has 0 amide bonds. The molecule has 0 aliphatic carbocycles. The highest BCUT2D eigenvalue weighted by molar-refractivity contribution is 7.89. The van der Waals surface area contributed by atoms with Crippen molar-refractivity contribution in [2.45, 2.75) is 17.9 Å². The van der Waals surface area contributed by atoms with Gasteiger partial charge in [0.15, 0.2) is 0 Å². The molecule has 3 rings (SSSR count). The Kier molecular flexibility index (Phi) is 7.04. The zero-order valence-electron chi connectivity index (χ0n) is 16.6. The lowest BCUT2D eigenvalue weighted by molar-refractivity contribution is 0.416. The molecule has 3 aromatic rings. The lowest BCUT2D eigenvalue weighted by Gasteiger charge is -2.16. The monoisotopic (exact) mass is 410 g/mol. The van der Waals surface area contributed by atoms with E-state index in [-0.39, 0.29) is 10.9 Å². The maximum Gasteiger partial charge on any atom is 0.240 e. The van der Waals surface area contributed by atoms with Crippen molar-refractivity contribution in [1.29, 1.82) is 0 Å². The van der Waals surface area contributed by atoms with E-state index in [0.717, 1.165) is 22.4 Å². The molecule has 29 heavy (non-hydrogen) atoms. The van der Waals surface area contributed by atoms with E-state index >= 15 is 0 Å². The van der Waals surface area contributed by atoms with Crippen LogP contribution in [-0.4, -0.2) is 28.6 Å². The van der Waals surface area contributed by atoms with Crippen LogP contribution < -0.4 is 14.8 Å². The predicted octanol–water partition coefficient (Wildman–Crippen LogP) is 3.99. The normalized spacial score (nSPS) is 12.5. The molecule has 0 saturated heterocycles. The average molecular weight is 411 g/mol. The molecule has 3 aromatic carbocycles. The van der Waals surface area contributed by atoms with E-state index in [0.29, 0.717) is 13.1 Å². The summed E-state index contributed by atoms with van der Waals surface area (Å²) >= 11 is 0. The van der Waals surface area contributed by atoms with Crippen LogP contribution in [0.3, 0.4) is 0 Å². The summed E-state index contributed by atoms with van der Waals surface area (Å²) in [7, 11) is -1.80. The van der Waals surface area contributed by atoms with Crippen molar-refractivity contribution >= 4 is 10.0 Å². The van der Waals surface area contributed by atoms with Gasteiger partial charge in [-0.15, -0.1) is 0 Å². The first-order valence-corrected chi connectivity index (χ1v) is 11.0. The Morgan fingerprint density at radius 1 is 0.862 bits per heavy atom. The molecule has 0 bridgehead atoms. The second kappa shape index (κ2) is 9.69. The zero-order chi connectivity index (χ0) is 20.7. The van der Waals surface area contributed by atoms with Gasteiger partial charge >= 0.3 is 0 Å². The molecule has 0 saturated carbocycles. The molecule has 0 aliphatic heterocycles. The summed E-state index contributed by atoms with van der Waals surface area (Å²) in [6.07, 6.45) is 0. The second-order valence-electron chi connectivity index (χ2n) is 6.71. The average Bonchev–Trinajstić information content (AvgIpc) is 2.77. The van der Waals surface area contributed by atoms with Gasteiger partial charge in [0.1, 0.15) is 5.75 Å². The Morgan fingerprint density at radius 3 is 2.21 bits per heavy atom. The molecule has 0 spiro atoms. The van der Waals surface area contributed by atoms with Gasteiger partial charge < -0.3 is 10.1 Å². The Hall–Kier alpha value is -2.67. The Balaban J connectivity index is 1.54. The lowest BCUT2D eigenvalue weighted by Crippen LogP contribution is -2.32. The molecule has 0 heterocycles. The maximum atomic E-state index is 12.2. The minimum absolute atomic E-state index is 0.1000. The molecule has 1 atom stereocenters. The smallest absolute Gasteiger partial charge is 0.240 e.